The SMILES string of the molecule is CCCC1CCN(CC(N)(C(=O)O)C2CC2)CC1. The Hall–Kier alpha value is -0.610. The molecule has 0 radical (unpaired) electrons. The molecule has 1 aliphatic carbocycles. The quantitative estimate of drug-likeness (QED) is 0.757. The molecule has 0 aromatic rings. The number of nitrogens with zero attached hydrogens (tertiary/aromatic N) is 1. The van der Waals surface area contributed by atoms with E-state index in [1.807, 2.05) is 0 Å². The van der Waals surface area contributed by atoms with E-state index in [0.717, 1.165) is 31.8 Å². The average molecular weight is 254 g/mol. The van der Waals surface area contributed by atoms with Gasteiger partial charge in [-0.3, -0.25) is 4.79 Å². The molecule has 18 heavy (non-hydrogen) atoms. The first-order valence-corrected chi connectivity index (χ1v) is 7.31. The van der Waals surface area contributed by atoms with Crippen molar-refractivity contribution in [2.24, 2.45) is 17.6 Å². The number of carboxylic acids is 1. The molecular weight excluding hydrogens is 228 g/mol. The van der Waals surface area contributed by atoms with Crippen LogP contribution in [0.15, 0.2) is 0 Å². The van der Waals surface area contributed by atoms with Crippen molar-refractivity contribution in [1.82, 2.24) is 4.90 Å². The predicted octanol–water partition coefficient (Wildman–Crippen LogP) is 1.69. The van der Waals surface area contributed by atoms with E-state index in [1.165, 1.54) is 25.7 Å². The van der Waals surface area contributed by atoms with Crippen LogP contribution in [-0.2, 0) is 4.79 Å². The highest BCUT2D eigenvalue weighted by molar-refractivity contribution is 5.79. The summed E-state index contributed by atoms with van der Waals surface area (Å²) in [5.74, 6) is 0.216. The third kappa shape index (κ3) is 3.04. The molecule has 1 atom stereocenters. The Balaban J connectivity index is 1.84. The fourth-order valence-corrected chi connectivity index (χ4v) is 3.18. The Labute approximate surface area is 110 Å². The Morgan fingerprint density at radius 2 is 1.94 bits per heavy atom. The molecule has 1 unspecified atom stereocenters. The average Bonchev–Trinajstić information content (AvgIpc) is 3.16. The first kappa shape index (κ1) is 13.8. The second kappa shape index (κ2) is 5.57. The van der Waals surface area contributed by atoms with Gasteiger partial charge in [-0.05, 0) is 50.6 Å². The minimum atomic E-state index is -1.00. The summed E-state index contributed by atoms with van der Waals surface area (Å²) in [6.45, 7) is 4.80. The van der Waals surface area contributed by atoms with Gasteiger partial charge >= 0.3 is 5.97 Å². The van der Waals surface area contributed by atoms with Crippen molar-refractivity contribution in [3.63, 3.8) is 0 Å². The maximum absolute atomic E-state index is 11.4. The topological polar surface area (TPSA) is 66.6 Å². The lowest BCUT2D eigenvalue weighted by atomic mass is 9.89. The van der Waals surface area contributed by atoms with Gasteiger partial charge in [-0.1, -0.05) is 19.8 Å². The van der Waals surface area contributed by atoms with Crippen LogP contribution < -0.4 is 5.73 Å². The third-order valence-corrected chi connectivity index (χ3v) is 4.59. The van der Waals surface area contributed by atoms with Crippen LogP contribution in [0.25, 0.3) is 0 Å². The van der Waals surface area contributed by atoms with Crippen molar-refractivity contribution in [3.05, 3.63) is 0 Å². The number of rotatable bonds is 6. The minimum Gasteiger partial charge on any atom is -0.480 e. The van der Waals surface area contributed by atoms with Gasteiger partial charge in [0.1, 0.15) is 5.54 Å². The number of carboxylic acid groups (broad SMARTS) is 1. The van der Waals surface area contributed by atoms with Gasteiger partial charge in [0.25, 0.3) is 0 Å². The van der Waals surface area contributed by atoms with Gasteiger partial charge in [0, 0.05) is 6.54 Å². The molecule has 1 heterocycles. The zero-order chi connectivity index (χ0) is 13.2. The lowest BCUT2D eigenvalue weighted by Crippen LogP contribution is -2.58. The summed E-state index contributed by atoms with van der Waals surface area (Å²) in [5.41, 5.74) is 5.13. The molecule has 4 heteroatoms. The molecule has 0 amide bonds. The van der Waals surface area contributed by atoms with E-state index < -0.39 is 11.5 Å². The van der Waals surface area contributed by atoms with E-state index in [1.54, 1.807) is 0 Å². The van der Waals surface area contributed by atoms with E-state index in [0.29, 0.717) is 6.54 Å². The number of hydrogen-bond donors (Lipinski definition) is 2. The Morgan fingerprint density at radius 3 is 2.39 bits per heavy atom. The minimum absolute atomic E-state index is 0.198. The van der Waals surface area contributed by atoms with Crippen molar-refractivity contribution < 1.29 is 9.90 Å². The molecule has 0 aromatic carbocycles. The number of piperidine rings is 1. The summed E-state index contributed by atoms with van der Waals surface area (Å²) < 4.78 is 0. The molecule has 2 fully saturated rings. The summed E-state index contributed by atoms with van der Waals surface area (Å²) in [6, 6.07) is 0. The summed E-state index contributed by atoms with van der Waals surface area (Å²) in [7, 11) is 0. The second-order valence-corrected chi connectivity index (χ2v) is 6.13. The van der Waals surface area contributed by atoms with E-state index in [9.17, 15) is 9.90 Å². The van der Waals surface area contributed by atoms with Crippen molar-refractivity contribution in [2.75, 3.05) is 19.6 Å². The van der Waals surface area contributed by atoms with Crippen molar-refractivity contribution in [3.8, 4) is 0 Å². The van der Waals surface area contributed by atoms with Gasteiger partial charge in [0.15, 0.2) is 0 Å². The summed E-state index contributed by atoms with van der Waals surface area (Å²) in [6.07, 6.45) is 6.93. The maximum Gasteiger partial charge on any atom is 0.325 e. The van der Waals surface area contributed by atoms with Crippen LogP contribution >= 0.6 is 0 Å². The number of nitrogens with two attached hydrogens (primary N) is 1. The molecule has 1 saturated carbocycles. The molecule has 1 aliphatic heterocycles. The number of likely N-dealkylation sites (tertiary alicyclic amines) is 1. The van der Waals surface area contributed by atoms with Gasteiger partial charge < -0.3 is 15.7 Å². The molecule has 0 bridgehead atoms. The molecule has 0 aromatic heterocycles. The predicted molar refractivity (Wildman–Crippen MR) is 71.4 cm³/mol. The zero-order valence-corrected chi connectivity index (χ0v) is 11.4. The van der Waals surface area contributed by atoms with Crippen LogP contribution in [0, 0.1) is 11.8 Å². The summed E-state index contributed by atoms with van der Waals surface area (Å²) in [5, 5.41) is 9.36. The molecule has 2 aliphatic rings. The van der Waals surface area contributed by atoms with Gasteiger partial charge in [-0.15, -0.1) is 0 Å². The molecule has 3 N–H and O–H groups in total. The first-order chi connectivity index (χ1) is 8.56. The molecule has 2 rings (SSSR count). The molecule has 1 saturated heterocycles. The largest absolute Gasteiger partial charge is 0.480 e. The van der Waals surface area contributed by atoms with Crippen molar-refractivity contribution >= 4 is 5.97 Å². The fraction of sp³-hybridized carbons (Fsp3) is 0.929. The summed E-state index contributed by atoms with van der Waals surface area (Å²) in [4.78, 5) is 13.7. The lowest BCUT2D eigenvalue weighted by molar-refractivity contribution is -0.145. The first-order valence-electron chi connectivity index (χ1n) is 7.31. The number of carbonyl (C=O) groups is 1. The van der Waals surface area contributed by atoms with Crippen LogP contribution in [0.3, 0.4) is 0 Å². The molecule has 4 nitrogen and oxygen atoms in total. The standard InChI is InChI=1S/C14H26N2O2/c1-2-3-11-6-8-16(9-7-11)10-14(15,13(17)18)12-4-5-12/h11-12H,2-10,15H2,1H3,(H,17,18). The number of aliphatic carboxylic acids is 1. The van der Waals surface area contributed by atoms with Crippen LogP contribution in [0.5, 0.6) is 0 Å². The number of hydrogen-bond acceptors (Lipinski definition) is 3. The van der Waals surface area contributed by atoms with E-state index in [2.05, 4.69) is 11.8 Å². The normalized spacial score (nSPS) is 25.9. The maximum atomic E-state index is 11.4. The lowest BCUT2D eigenvalue weighted by Gasteiger charge is -2.37. The highest BCUT2D eigenvalue weighted by Gasteiger charge is 2.49. The van der Waals surface area contributed by atoms with Crippen molar-refractivity contribution in [2.45, 2.75) is 51.0 Å². The van der Waals surface area contributed by atoms with Crippen LogP contribution in [0.2, 0.25) is 0 Å². The smallest absolute Gasteiger partial charge is 0.325 e. The highest BCUT2D eigenvalue weighted by Crippen LogP contribution is 2.39. The van der Waals surface area contributed by atoms with Gasteiger partial charge in [0.05, 0.1) is 0 Å². The zero-order valence-electron chi connectivity index (χ0n) is 11.4. The summed E-state index contributed by atoms with van der Waals surface area (Å²) >= 11 is 0. The Morgan fingerprint density at radius 1 is 1.33 bits per heavy atom. The van der Waals surface area contributed by atoms with Gasteiger partial charge in [0.2, 0.25) is 0 Å². The van der Waals surface area contributed by atoms with E-state index in [4.69, 9.17) is 5.73 Å². The third-order valence-electron chi connectivity index (χ3n) is 4.59. The van der Waals surface area contributed by atoms with Crippen LogP contribution in [0.4, 0.5) is 0 Å². The Kier molecular flexibility index (Phi) is 4.28. The van der Waals surface area contributed by atoms with Crippen LogP contribution in [0.1, 0.15) is 45.4 Å². The van der Waals surface area contributed by atoms with E-state index in [-0.39, 0.29) is 5.92 Å². The molecular formula is C14H26N2O2. The van der Waals surface area contributed by atoms with Gasteiger partial charge in [-0.25, -0.2) is 0 Å². The van der Waals surface area contributed by atoms with Crippen molar-refractivity contribution in [1.29, 1.82) is 0 Å². The van der Waals surface area contributed by atoms with Crippen LogP contribution in [-0.4, -0.2) is 41.1 Å². The van der Waals surface area contributed by atoms with E-state index >= 15 is 0 Å². The monoisotopic (exact) mass is 254 g/mol. The highest BCUT2D eigenvalue weighted by atomic mass is 16.4. The Bertz CT molecular complexity index is 296. The molecule has 0 spiro atoms. The van der Waals surface area contributed by atoms with Gasteiger partial charge in [-0.2, -0.15) is 0 Å². The second-order valence-electron chi connectivity index (χ2n) is 6.13. The molecule has 104 valence electrons. The fourth-order valence-electron chi connectivity index (χ4n) is 3.18.